The molecule has 1 aliphatic rings. The highest BCUT2D eigenvalue weighted by Gasteiger charge is 2.43. The number of halogens is 1. The van der Waals surface area contributed by atoms with Gasteiger partial charge >= 0.3 is 7.60 Å². The quantitative estimate of drug-likeness (QED) is 0.438. The number of hydrogen-bond acceptors (Lipinski definition) is 6. The number of nitrogens with two attached hydrogens (primary N) is 1. The van der Waals surface area contributed by atoms with Crippen molar-refractivity contribution >= 4 is 36.3 Å². The summed E-state index contributed by atoms with van der Waals surface area (Å²) in [6.07, 6.45) is 1.50. The standard InChI is InChI=1S/C10H13ClN5O5P/c11-7-4(1-5(21-7)22(18,19)20)2-16-3-13-6-8(16)14-10(12)15-9(6)17/h3-5,7H,1-2H2,(H2,18,19,20)(H3,12,14,15,17)/t4-,5+,7-/m0/s1. The fourth-order valence-corrected chi connectivity index (χ4v) is 3.63. The van der Waals surface area contributed by atoms with Crippen LogP contribution in [-0.4, -0.2) is 40.7 Å². The van der Waals surface area contributed by atoms with Crippen LogP contribution in [0.5, 0.6) is 0 Å². The maximum absolute atomic E-state index is 11.7. The van der Waals surface area contributed by atoms with Crippen LogP contribution in [0.1, 0.15) is 6.42 Å². The minimum absolute atomic E-state index is 0.0440. The Hall–Kier alpha value is -1.45. The van der Waals surface area contributed by atoms with E-state index in [1.54, 1.807) is 4.57 Å². The van der Waals surface area contributed by atoms with Gasteiger partial charge in [0.15, 0.2) is 17.0 Å². The summed E-state index contributed by atoms with van der Waals surface area (Å²) >= 11 is 6.00. The zero-order chi connectivity index (χ0) is 16.1. The number of H-pyrrole nitrogens is 1. The van der Waals surface area contributed by atoms with E-state index in [-0.39, 0.29) is 36.0 Å². The number of nitrogens with one attached hydrogen (secondary N) is 1. The molecule has 3 rings (SSSR count). The molecule has 120 valence electrons. The van der Waals surface area contributed by atoms with Crippen molar-refractivity contribution in [1.82, 2.24) is 19.5 Å². The topological polar surface area (TPSA) is 156 Å². The third-order valence-electron chi connectivity index (χ3n) is 3.46. The fraction of sp³-hybridized carbons (Fsp3) is 0.500. The summed E-state index contributed by atoms with van der Waals surface area (Å²) in [5.74, 6) is -1.63. The number of aromatic nitrogens is 4. The van der Waals surface area contributed by atoms with Gasteiger partial charge in [0.1, 0.15) is 5.56 Å². The van der Waals surface area contributed by atoms with E-state index in [0.717, 1.165) is 0 Å². The number of nitrogens with zero attached hydrogens (tertiary/aromatic N) is 3. The maximum atomic E-state index is 11.7. The van der Waals surface area contributed by atoms with Crippen LogP contribution in [0.3, 0.4) is 0 Å². The highest BCUT2D eigenvalue weighted by atomic mass is 35.5. The third-order valence-corrected chi connectivity index (χ3v) is 5.00. The fourth-order valence-electron chi connectivity index (χ4n) is 2.41. The van der Waals surface area contributed by atoms with Gasteiger partial charge in [-0.1, -0.05) is 11.6 Å². The van der Waals surface area contributed by atoms with Gasteiger partial charge in [0.2, 0.25) is 5.95 Å². The first kappa shape index (κ1) is 15.4. The van der Waals surface area contributed by atoms with Crippen molar-refractivity contribution in [3.8, 4) is 0 Å². The van der Waals surface area contributed by atoms with Crippen molar-refractivity contribution in [2.24, 2.45) is 5.92 Å². The summed E-state index contributed by atoms with van der Waals surface area (Å²) < 4.78 is 17.9. The van der Waals surface area contributed by atoms with Crippen molar-refractivity contribution in [1.29, 1.82) is 0 Å². The predicted molar refractivity (Wildman–Crippen MR) is 77.2 cm³/mol. The Morgan fingerprint density at radius 1 is 1.59 bits per heavy atom. The average molecular weight is 350 g/mol. The van der Waals surface area contributed by atoms with E-state index in [9.17, 15) is 9.36 Å². The molecular weight excluding hydrogens is 337 g/mol. The van der Waals surface area contributed by atoms with Gasteiger partial charge in [0.25, 0.3) is 5.56 Å². The van der Waals surface area contributed by atoms with Crippen molar-refractivity contribution in [2.75, 3.05) is 5.73 Å². The Morgan fingerprint density at radius 2 is 2.32 bits per heavy atom. The summed E-state index contributed by atoms with van der Waals surface area (Å²) in [7, 11) is -4.36. The van der Waals surface area contributed by atoms with Gasteiger partial charge in [-0.25, -0.2) is 4.98 Å². The van der Waals surface area contributed by atoms with Gasteiger partial charge < -0.3 is 24.8 Å². The van der Waals surface area contributed by atoms with Gasteiger partial charge in [0, 0.05) is 12.5 Å². The molecule has 5 N–H and O–H groups in total. The zero-order valence-electron chi connectivity index (χ0n) is 11.1. The van der Waals surface area contributed by atoms with E-state index in [1.165, 1.54) is 6.33 Å². The molecule has 22 heavy (non-hydrogen) atoms. The number of aromatic amines is 1. The number of nitrogen functional groups attached to an aromatic ring is 1. The first-order chi connectivity index (χ1) is 10.3. The number of rotatable bonds is 3. The molecular formula is C10H13ClN5O5P. The van der Waals surface area contributed by atoms with Gasteiger partial charge in [-0.05, 0) is 6.42 Å². The summed E-state index contributed by atoms with van der Waals surface area (Å²) in [5, 5.41) is 0. The maximum Gasteiger partial charge on any atom is 0.354 e. The smallest absolute Gasteiger partial charge is 0.354 e. The molecule has 0 aromatic carbocycles. The third kappa shape index (κ3) is 2.75. The van der Waals surface area contributed by atoms with Crippen LogP contribution in [0.2, 0.25) is 0 Å². The SMILES string of the molecule is Nc1nc2c(ncn2C[C@@H]2C[C@@H](P(=O)(O)O)O[C@@H]2Cl)c(=O)[nH]1. The second-order valence-electron chi connectivity index (χ2n) is 5.05. The van der Waals surface area contributed by atoms with Crippen molar-refractivity contribution in [2.45, 2.75) is 24.4 Å². The van der Waals surface area contributed by atoms with E-state index in [0.29, 0.717) is 0 Å². The number of fused-ring (bicyclic) bond motifs is 1. The Bertz CT molecular complexity index is 816. The molecule has 0 amide bonds. The monoisotopic (exact) mass is 349 g/mol. The molecule has 1 fully saturated rings. The number of anilines is 1. The lowest BCUT2D eigenvalue weighted by Crippen LogP contribution is -2.17. The van der Waals surface area contributed by atoms with Crippen LogP contribution in [-0.2, 0) is 15.8 Å². The molecule has 0 radical (unpaired) electrons. The van der Waals surface area contributed by atoms with Gasteiger partial charge in [-0.3, -0.25) is 14.3 Å². The van der Waals surface area contributed by atoms with Crippen molar-refractivity contribution in [3.63, 3.8) is 0 Å². The highest BCUT2D eigenvalue weighted by molar-refractivity contribution is 7.52. The van der Waals surface area contributed by atoms with Crippen LogP contribution in [0.25, 0.3) is 11.2 Å². The van der Waals surface area contributed by atoms with Crippen LogP contribution >= 0.6 is 19.2 Å². The molecule has 3 heterocycles. The largest absolute Gasteiger partial charge is 0.369 e. The molecule has 1 aliphatic heterocycles. The number of hydrogen-bond donors (Lipinski definition) is 4. The number of ether oxygens (including phenoxy) is 1. The first-order valence-corrected chi connectivity index (χ1v) is 8.43. The number of alkyl halides is 1. The summed E-state index contributed by atoms with van der Waals surface area (Å²) in [6.45, 7) is 0.247. The van der Waals surface area contributed by atoms with Crippen molar-refractivity contribution in [3.05, 3.63) is 16.7 Å². The Morgan fingerprint density at radius 3 is 2.95 bits per heavy atom. The Kier molecular flexibility index (Phi) is 3.74. The molecule has 2 aromatic rings. The normalized spacial score (nSPS) is 25.9. The lowest BCUT2D eigenvalue weighted by Gasteiger charge is -2.12. The molecule has 0 aliphatic carbocycles. The highest BCUT2D eigenvalue weighted by Crippen LogP contribution is 2.50. The molecule has 0 unspecified atom stereocenters. The summed E-state index contributed by atoms with van der Waals surface area (Å²) in [5.41, 5.74) is 4.61. The van der Waals surface area contributed by atoms with E-state index < -0.39 is 24.6 Å². The molecule has 0 bridgehead atoms. The second kappa shape index (κ2) is 5.32. The summed E-state index contributed by atoms with van der Waals surface area (Å²) in [6, 6.07) is 0. The molecule has 10 nitrogen and oxygen atoms in total. The van der Waals surface area contributed by atoms with Crippen LogP contribution in [0.4, 0.5) is 5.95 Å². The minimum atomic E-state index is -4.36. The van der Waals surface area contributed by atoms with Crippen LogP contribution < -0.4 is 11.3 Å². The van der Waals surface area contributed by atoms with E-state index in [2.05, 4.69) is 15.0 Å². The van der Waals surface area contributed by atoms with E-state index in [1.807, 2.05) is 0 Å². The lowest BCUT2D eigenvalue weighted by molar-refractivity contribution is 0.107. The molecule has 2 aromatic heterocycles. The van der Waals surface area contributed by atoms with Gasteiger partial charge in [-0.15, -0.1) is 0 Å². The average Bonchev–Trinajstić information content (AvgIpc) is 2.95. The molecule has 0 saturated carbocycles. The predicted octanol–water partition coefficient (Wildman–Crippen LogP) is -0.193. The van der Waals surface area contributed by atoms with Crippen LogP contribution in [0, 0.1) is 5.92 Å². The van der Waals surface area contributed by atoms with Gasteiger partial charge in [0.05, 0.1) is 6.33 Å². The first-order valence-electron chi connectivity index (χ1n) is 6.31. The molecule has 0 spiro atoms. The van der Waals surface area contributed by atoms with Gasteiger partial charge in [-0.2, -0.15) is 4.98 Å². The van der Waals surface area contributed by atoms with Crippen molar-refractivity contribution < 1.29 is 19.1 Å². The molecule has 12 heteroatoms. The molecule has 3 atom stereocenters. The molecule has 1 saturated heterocycles. The number of imidazole rings is 1. The Labute approximate surface area is 128 Å². The zero-order valence-corrected chi connectivity index (χ0v) is 12.7. The lowest BCUT2D eigenvalue weighted by atomic mass is 10.1. The minimum Gasteiger partial charge on any atom is -0.369 e. The van der Waals surface area contributed by atoms with E-state index in [4.69, 9.17) is 31.9 Å². The van der Waals surface area contributed by atoms with Crippen LogP contribution in [0.15, 0.2) is 11.1 Å². The second-order valence-corrected chi connectivity index (χ2v) is 7.23. The Balaban J connectivity index is 1.88. The summed E-state index contributed by atoms with van der Waals surface area (Å²) in [4.78, 5) is 40.3. The van der Waals surface area contributed by atoms with E-state index >= 15 is 0 Å².